The van der Waals surface area contributed by atoms with Crippen molar-refractivity contribution in [3.8, 4) is 0 Å². The second-order valence-corrected chi connectivity index (χ2v) is 7.30. The summed E-state index contributed by atoms with van der Waals surface area (Å²) in [6.45, 7) is 3.79. The number of ether oxygens (including phenoxy) is 2. The van der Waals surface area contributed by atoms with Crippen LogP contribution in [0.2, 0.25) is 0 Å². The van der Waals surface area contributed by atoms with Gasteiger partial charge in [-0.25, -0.2) is 0 Å². The zero-order valence-corrected chi connectivity index (χ0v) is 13.9. The van der Waals surface area contributed by atoms with E-state index in [0.717, 1.165) is 32.1 Å². The van der Waals surface area contributed by atoms with E-state index in [1.54, 1.807) is 13.0 Å². The van der Waals surface area contributed by atoms with Crippen LogP contribution in [0.1, 0.15) is 46.0 Å². The summed E-state index contributed by atoms with van der Waals surface area (Å²) in [4.78, 5) is 44.7. The molecule has 6 heteroatoms. The molecule has 6 nitrogen and oxygen atoms in total. The predicted octanol–water partition coefficient (Wildman–Crippen LogP) is 2.16. The molecule has 0 bridgehead atoms. The Morgan fingerprint density at radius 2 is 1.75 bits per heavy atom. The number of hydrogen-bond donors (Lipinski definition) is 0. The summed E-state index contributed by atoms with van der Waals surface area (Å²) in [7, 11) is 0. The highest BCUT2D eigenvalue weighted by Crippen LogP contribution is 2.43. The number of cyclic esters (lactones) is 4. The van der Waals surface area contributed by atoms with E-state index in [-0.39, 0.29) is 35.7 Å². The molecule has 0 radical (unpaired) electrons. The molecule has 130 valence electrons. The minimum absolute atomic E-state index is 0.124. The second kappa shape index (κ2) is 6.15. The fraction of sp³-hybridized carbons (Fsp3) is 0.667. The van der Waals surface area contributed by atoms with Crippen LogP contribution in [0.3, 0.4) is 0 Å². The average molecular weight is 334 g/mol. The van der Waals surface area contributed by atoms with Gasteiger partial charge in [-0.05, 0) is 38.5 Å². The van der Waals surface area contributed by atoms with E-state index < -0.39 is 11.4 Å². The fourth-order valence-electron chi connectivity index (χ4n) is 4.17. The first kappa shape index (κ1) is 16.9. The van der Waals surface area contributed by atoms with Crippen LogP contribution in [0.15, 0.2) is 12.2 Å². The maximum atomic E-state index is 11.2. The van der Waals surface area contributed by atoms with Crippen LogP contribution in [0.5, 0.6) is 0 Å². The molecule has 0 aromatic rings. The monoisotopic (exact) mass is 334 g/mol. The van der Waals surface area contributed by atoms with E-state index in [4.69, 9.17) is 0 Å². The molecule has 24 heavy (non-hydrogen) atoms. The van der Waals surface area contributed by atoms with E-state index in [9.17, 15) is 19.2 Å². The van der Waals surface area contributed by atoms with Crippen LogP contribution in [0.4, 0.5) is 0 Å². The first-order valence-electron chi connectivity index (χ1n) is 8.54. The normalized spacial score (nSPS) is 40.2. The van der Waals surface area contributed by atoms with Gasteiger partial charge in [-0.1, -0.05) is 25.5 Å². The minimum Gasteiger partial charge on any atom is -0.393 e. The molecule has 2 saturated heterocycles. The number of rotatable bonds is 0. The van der Waals surface area contributed by atoms with Crippen LogP contribution >= 0.6 is 0 Å². The quantitative estimate of drug-likeness (QED) is 0.383. The van der Waals surface area contributed by atoms with Gasteiger partial charge in [0.15, 0.2) is 0 Å². The lowest BCUT2D eigenvalue weighted by atomic mass is 9.73. The van der Waals surface area contributed by atoms with Crippen LogP contribution < -0.4 is 0 Å². The van der Waals surface area contributed by atoms with Gasteiger partial charge in [-0.15, -0.1) is 0 Å². The molecule has 2 aliphatic heterocycles. The van der Waals surface area contributed by atoms with E-state index in [0.29, 0.717) is 5.92 Å². The summed E-state index contributed by atoms with van der Waals surface area (Å²) in [5.41, 5.74) is -0.671. The largest absolute Gasteiger partial charge is 0.393 e. The second-order valence-electron chi connectivity index (χ2n) is 7.30. The molecule has 1 saturated carbocycles. The molecule has 0 N–H and O–H groups in total. The van der Waals surface area contributed by atoms with Gasteiger partial charge in [0.25, 0.3) is 0 Å². The van der Waals surface area contributed by atoms with E-state index >= 15 is 0 Å². The third kappa shape index (κ3) is 2.68. The minimum atomic E-state index is -0.671. The van der Waals surface area contributed by atoms with E-state index in [1.165, 1.54) is 0 Å². The molecular weight excluding hydrogens is 312 g/mol. The molecule has 4 aliphatic rings. The van der Waals surface area contributed by atoms with Crippen molar-refractivity contribution in [1.82, 2.24) is 0 Å². The van der Waals surface area contributed by atoms with Crippen molar-refractivity contribution in [1.29, 1.82) is 0 Å². The fourth-order valence-corrected chi connectivity index (χ4v) is 4.17. The van der Waals surface area contributed by atoms with Crippen molar-refractivity contribution in [2.45, 2.75) is 46.0 Å². The maximum Gasteiger partial charge on any atom is 0.324 e. The smallest absolute Gasteiger partial charge is 0.324 e. The third-order valence-electron chi connectivity index (χ3n) is 5.72. The molecule has 0 aromatic heterocycles. The van der Waals surface area contributed by atoms with Gasteiger partial charge >= 0.3 is 23.9 Å². The molecule has 2 heterocycles. The highest BCUT2D eigenvalue weighted by Gasteiger charge is 2.53. The number of carbonyl (C=O) groups excluding carboxylic acids is 4. The zero-order valence-electron chi connectivity index (χ0n) is 13.9. The summed E-state index contributed by atoms with van der Waals surface area (Å²) in [5, 5.41) is 0. The number of esters is 4. The lowest BCUT2D eigenvalue weighted by molar-refractivity contribution is -0.156. The lowest BCUT2D eigenvalue weighted by Gasteiger charge is -2.25. The predicted molar refractivity (Wildman–Crippen MR) is 82.2 cm³/mol. The number of allylic oxidation sites excluding steroid dienone is 1. The summed E-state index contributed by atoms with van der Waals surface area (Å²) in [5.74, 6) is -1.51. The summed E-state index contributed by atoms with van der Waals surface area (Å²) in [6, 6.07) is 0. The number of fused-ring (bicyclic) bond motifs is 2. The highest BCUT2D eigenvalue weighted by atomic mass is 16.6. The van der Waals surface area contributed by atoms with Gasteiger partial charge in [0.2, 0.25) is 0 Å². The molecule has 3 fully saturated rings. The van der Waals surface area contributed by atoms with Crippen LogP contribution in [-0.4, -0.2) is 23.9 Å². The maximum absolute atomic E-state index is 11.2. The van der Waals surface area contributed by atoms with Gasteiger partial charge in [-0.2, -0.15) is 0 Å². The van der Waals surface area contributed by atoms with Crippen molar-refractivity contribution >= 4 is 23.9 Å². The molecule has 0 spiro atoms. The SMILES string of the molecule is CC12C=CCCC1C(=O)OC2=O.CC1CCCC2C(=O)OC(=O)C12. The summed E-state index contributed by atoms with van der Waals surface area (Å²) >= 11 is 0. The van der Waals surface area contributed by atoms with Crippen molar-refractivity contribution in [3.63, 3.8) is 0 Å². The van der Waals surface area contributed by atoms with Crippen molar-refractivity contribution in [3.05, 3.63) is 12.2 Å². The summed E-state index contributed by atoms with van der Waals surface area (Å²) < 4.78 is 9.18. The Balaban J connectivity index is 0.000000141. The molecule has 2 aliphatic carbocycles. The molecule has 5 unspecified atom stereocenters. The highest BCUT2D eigenvalue weighted by molar-refractivity contribution is 6.00. The molecule has 4 rings (SSSR count). The Morgan fingerprint density at radius 1 is 1.00 bits per heavy atom. The standard InChI is InChI=1S/C9H10O3.C9H12O3/c1-9-5-3-2-4-6(9)7(10)12-8(9)11;1-5-3-2-4-6-7(5)9(11)12-8(6)10/h3,5-6H,2,4H2,1H3;5-7H,2-4H2,1H3. The Kier molecular flexibility index (Phi) is 4.32. The number of carbonyl (C=O) groups is 4. The van der Waals surface area contributed by atoms with E-state index in [2.05, 4.69) is 9.47 Å². The van der Waals surface area contributed by atoms with Crippen LogP contribution in [0.25, 0.3) is 0 Å². The van der Waals surface area contributed by atoms with Crippen LogP contribution in [-0.2, 0) is 28.7 Å². The molecule has 0 aromatic carbocycles. The number of hydrogen-bond acceptors (Lipinski definition) is 6. The van der Waals surface area contributed by atoms with E-state index in [1.807, 2.05) is 13.0 Å². The van der Waals surface area contributed by atoms with Crippen molar-refractivity contribution in [2.24, 2.45) is 29.1 Å². The van der Waals surface area contributed by atoms with Gasteiger partial charge in [0, 0.05) is 0 Å². The molecule has 0 amide bonds. The Labute approximate surface area is 140 Å². The van der Waals surface area contributed by atoms with Crippen molar-refractivity contribution < 1.29 is 28.7 Å². The first-order chi connectivity index (χ1) is 11.3. The Morgan fingerprint density at radius 3 is 2.42 bits per heavy atom. The van der Waals surface area contributed by atoms with Gasteiger partial charge in [-0.3, -0.25) is 19.2 Å². The van der Waals surface area contributed by atoms with Gasteiger partial charge < -0.3 is 9.47 Å². The molecular formula is C18H22O6. The third-order valence-corrected chi connectivity index (χ3v) is 5.72. The average Bonchev–Trinajstić information content (AvgIpc) is 2.95. The van der Waals surface area contributed by atoms with Gasteiger partial charge in [0.05, 0.1) is 23.2 Å². The molecule has 5 atom stereocenters. The van der Waals surface area contributed by atoms with Crippen LogP contribution in [0, 0.1) is 29.1 Å². The first-order valence-corrected chi connectivity index (χ1v) is 8.54. The van der Waals surface area contributed by atoms with Gasteiger partial charge in [0.1, 0.15) is 0 Å². The Hall–Kier alpha value is -1.98. The van der Waals surface area contributed by atoms with Crippen molar-refractivity contribution in [2.75, 3.05) is 0 Å². The summed E-state index contributed by atoms with van der Waals surface area (Å²) in [6.07, 6.45) is 8.26. The lowest BCUT2D eigenvalue weighted by Crippen LogP contribution is -2.30. The Bertz CT molecular complexity index is 621. The zero-order chi connectivity index (χ0) is 17.5. The topological polar surface area (TPSA) is 86.7 Å².